The number of hydrogen-bond donors (Lipinski definition) is 0. The van der Waals surface area contributed by atoms with Crippen molar-refractivity contribution in [2.45, 2.75) is 52.0 Å². The molecule has 1 atom stereocenters. The Hall–Kier alpha value is -1.64. The van der Waals surface area contributed by atoms with E-state index in [2.05, 4.69) is 38.3 Å². The van der Waals surface area contributed by atoms with Gasteiger partial charge in [0.05, 0.1) is 11.3 Å². The number of thioether (sulfide) groups is 1. The molecule has 1 aliphatic rings. The zero-order valence-corrected chi connectivity index (χ0v) is 17.4. The molecule has 0 fully saturated rings. The second-order valence-electron chi connectivity index (χ2n) is 7.98. The van der Waals surface area contributed by atoms with Gasteiger partial charge in [0, 0.05) is 16.1 Å². The van der Waals surface area contributed by atoms with Crippen LogP contribution in [-0.4, -0.2) is 16.5 Å². The molecule has 2 aromatic heterocycles. The number of nitriles is 1. The molecule has 136 valence electrons. The molecule has 0 aromatic carbocycles. The van der Waals surface area contributed by atoms with Gasteiger partial charge in [0.15, 0.2) is 0 Å². The Morgan fingerprint density at radius 1 is 1.46 bits per heavy atom. The van der Waals surface area contributed by atoms with Crippen LogP contribution in [0, 0.1) is 22.7 Å². The molecule has 3 nitrogen and oxygen atoms in total. The Balaban J connectivity index is 2.16. The van der Waals surface area contributed by atoms with E-state index in [0.717, 1.165) is 35.4 Å². The first kappa shape index (κ1) is 19.1. The predicted molar refractivity (Wildman–Crippen MR) is 109 cm³/mol. The topological polar surface area (TPSA) is 53.8 Å². The number of carbonyl (C=O) groups excluding carboxylic acids is 1. The lowest BCUT2D eigenvalue weighted by Crippen LogP contribution is -2.28. The van der Waals surface area contributed by atoms with Crippen LogP contribution in [0.25, 0.3) is 10.4 Å². The summed E-state index contributed by atoms with van der Waals surface area (Å²) in [7, 11) is 0. The summed E-state index contributed by atoms with van der Waals surface area (Å²) in [5, 5.41) is 12.7. The molecule has 2 heterocycles. The lowest BCUT2D eigenvalue weighted by atomic mass is 9.70. The lowest BCUT2D eigenvalue weighted by molar-refractivity contribution is -0.114. The Morgan fingerprint density at radius 2 is 2.23 bits per heavy atom. The number of hydrogen-bond acceptors (Lipinski definition) is 5. The second-order valence-corrected chi connectivity index (χ2v) is 9.89. The normalized spacial score (nSPS) is 16.8. The number of ketones is 1. The van der Waals surface area contributed by atoms with Gasteiger partial charge in [-0.15, -0.1) is 11.3 Å². The Morgan fingerprint density at radius 3 is 2.81 bits per heavy atom. The molecule has 0 N–H and O–H groups in total. The average molecular weight is 385 g/mol. The number of carbonyl (C=O) groups is 1. The molecule has 2 aromatic rings. The SMILES string of the molecule is CC(=O)CSc1nc2c(c(-c3cccs3)c1C#N)C[C@H](C(C)(C)C)CC2. The summed E-state index contributed by atoms with van der Waals surface area (Å²) < 4.78 is 0. The van der Waals surface area contributed by atoms with Crippen LogP contribution in [0.5, 0.6) is 0 Å². The summed E-state index contributed by atoms with van der Waals surface area (Å²) in [5.41, 5.74) is 4.26. The van der Waals surface area contributed by atoms with Gasteiger partial charge in [-0.3, -0.25) is 4.79 Å². The standard InChI is InChI=1S/C21H24N2OS2/c1-13(24)12-26-20-16(11-22)19(18-6-5-9-25-18)15-10-14(21(2,3)4)7-8-17(15)23-20/h5-6,9,14H,7-8,10,12H2,1-4H3/t14-/m1/s1. The third kappa shape index (κ3) is 3.87. The zero-order valence-electron chi connectivity index (χ0n) is 15.8. The molecular formula is C21H24N2OS2. The van der Waals surface area contributed by atoms with Gasteiger partial charge < -0.3 is 0 Å². The zero-order chi connectivity index (χ0) is 18.9. The minimum absolute atomic E-state index is 0.101. The Labute approximate surface area is 163 Å². The highest BCUT2D eigenvalue weighted by Gasteiger charge is 2.33. The summed E-state index contributed by atoms with van der Waals surface area (Å²) in [4.78, 5) is 17.4. The number of aryl methyl sites for hydroxylation is 1. The summed E-state index contributed by atoms with van der Waals surface area (Å²) in [6, 6.07) is 6.50. The first-order valence-corrected chi connectivity index (χ1v) is 10.8. The fourth-order valence-electron chi connectivity index (χ4n) is 3.54. The van der Waals surface area contributed by atoms with E-state index in [4.69, 9.17) is 4.98 Å². The summed E-state index contributed by atoms with van der Waals surface area (Å²) in [6.07, 6.45) is 3.02. The molecule has 0 bridgehead atoms. The van der Waals surface area contributed by atoms with Crippen LogP contribution >= 0.6 is 23.1 Å². The van der Waals surface area contributed by atoms with Gasteiger partial charge in [-0.05, 0) is 54.5 Å². The first-order chi connectivity index (χ1) is 12.3. The van der Waals surface area contributed by atoms with Crippen LogP contribution in [-0.2, 0) is 17.6 Å². The molecule has 5 heteroatoms. The highest BCUT2D eigenvalue weighted by atomic mass is 32.2. The molecule has 0 unspecified atom stereocenters. The van der Waals surface area contributed by atoms with Crippen molar-refractivity contribution in [3.05, 3.63) is 34.3 Å². The van der Waals surface area contributed by atoms with E-state index in [0.29, 0.717) is 22.3 Å². The Kier molecular flexibility index (Phi) is 5.55. The maximum absolute atomic E-state index is 11.4. The van der Waals surface area contributed by atoms with Gasteiger partial charge in [0.2, 0.25) is 0 Å². The third-order valence-corrected chi connectivity index (χ3v) is 7.05. The molecule has 3 rings (SSSR count). The van der Waals surface area contributed by atoms with Crippen molar-refractivity contribution in [2.24, 2.45) is 11.3 Å². The smallest absolute Gasteiger partial charge is 0.140 e. The van der Waals surface area contributed by atoms with Gasteiger partial charge in [-0.2, -0.15) is 5.26 Å². The Bertz CT molecular complexity index is 858. The van der Waals surface area contributed by atoms with Crippen molar-refractivity contribution in [3.8, 4) is 16.5 Å². The number of thiophene rings is 1. The fourth-order valence-corrected chi connectivity index (χ4v) is 5.15. The average Bonchev–Trinajstić information content (AvgIpc) is 3.11. The number of nitrogens with zero attached hydrogens (tertiary/aromatic N) is 2. The van der Waals surface area contributed by atoms with E-state index in [1.165, 1.54) is 17.3 Å². The molecule has 1 aliphatic carbocycles. The van der Waals surface area contributed by atoms with Gasteiger partial charge >= 0.3 is 0 Å². The quantitative estimate of drug-likeness (QED) is 0.652. The third-order valence-electron chi connectivity index (χ3n) is 5.05. The number of fused-ring (bicyclic) bond motifs is 1. The monoisotopic (exact) mass is 384 g/mol. The van der Waals surface area contributed by atoms with Crippen molar-refractivity contribution in [2.75, 3.05) is 5.75 Å². The van der Waals surface area contributed by atoms with Crippen molar-refractivity contribution in [3.63, 3.8) is 0 Å². The fraction of sp³-hybridized carbons (Fsp3) is 0.476. The van der Waals surface area contributed by atoms with Gasteiger partial charge in [-0.1, -0.05) is 38.6 Å². The molecule has 0 saturated heterocycles. The number of pyridine rings is 1. The highest BCUT2D eigenvalue weighted by molar-refractivity contribution is 8.00. The molecule has 0 saturated carbocycles. The maximum Gasteiger partial charge on any atom is 0.140 e. The number of Topliss-reactive ketones (excluding diaryl/α,β-unsaturated/α-hetero) is 1. The number of rotatable bonds is 4. The highest BCUT2D eigenvalue weighted by Crippen LogP contribution is 2.44. The largest absolute Gasteiger partial charge is 0.299 e. The van der Waals surface area contributed by atoms with E-state index < -0.39 is 0 Å². The van der Waals surface area contributed by atoms with E-state index >= 15 is 0 Å². The maximum atomic E-state index is 11.4. The first-order valence-electron chi connectivity index (χ1n) is 8.93. The van der Waals surface area contributed by atoms with Crippen molar-refractivity contribution >= 4 is 28.9 Å². The summed E-state index contributed by atoms with van der Waals surface area (Å²) in [5.74, 6) is 1.04. The van der Waals surface area contributed by atoms with Crippen LogP contribution in [0.2, 0.25) is 0 Å². The van der Waals surface area contributed by atoms with Crippen LogP contribution < -0.4 is 0 Å². The minimum Gasteiger partial charge on any atom is -0.299 e. The van der Waals surface area contributed by atoms with Crippen LogP contribution in [0.3, 0.4) is 0 Å². The van der Waals surface area contributed by atoms with Crippen molar-refractivity contribution in [1.29, 1.82) is 5.26 Å². The molecular weight excluding hydrogens is 360 g/mol. The van der Waals surface area contributed by atoms with Gasteiger partial charge in [0.25, 0.3) is 0 Å². The minimum atomic E-state index is 0.101. The molecule has 0 amide bonds. The van der Waals surface area contributed by atoms with Gasteiger partial charge in [0.1, 0.15) is 16.9 Å². The van der Waals surface area contributed by atoms with E-state index in [9.17, 15) is 10.1 Å². The van der Waals surface area contributed by atoms with E-state index in [-0.39, 0.29) is 11.2 Å². The van der Waals surface area contributed by atoms with Gasteiger partial charge in [-0.25, -0.2) is 4.98 Å². The predicted octanol–water partition coefficient (Wildman–Crippen LogP) is 5.51. The summed E-state index contributed by atoms with van der Waals surface area (Å²) in [6.45, 7) is 8.46. The lowest BCUT2D eigenvalue weighted by Gasteiger charge is -2.35. The summed E-state index contributed by atoms with van der Waals surface area (Å²) >= 11 is 3.06. The van der Waals surface area contributed by atoms with E-state index in [1.54, 1.807) is 18.3 Å². The second kappa shape index (κ2) is 7.54. The molecule has 0 spiro atoms. The molecule has 26 heavy (non-hydrogen) atoms. The van der Waals surface area contributed by atoms with Crippen molar-refractivity contribution < 1.29 is 4.79 Å². The number of aromatic nitrogens is 1. The molecule has 0 aliphatic heterocycles. The van der Waals surface area contributed by atoms with Crippen molar-refractivity contribution in [1.82, 2.24) is 4.98 Å². The van der Waals surface area contributed by atoms with Crippen LogP contribution in [0.4, 0.5) is 0 Å². The van der Waals surface area contributed by atoms with E-state index in [1.807, 2.05) is 6.07 Å². The van der Waals surface area contributed by atoms with Crippen LogP contribution in [0.1, 0.15) is 50.9 Å². The van der Waals surface area contributed by atoms with Crippen LogP contribution in [0.15, 0.2) is 22.5 Å². The molecule has 0 radical (unpaired) electrons.